The predicted molar refractivity (Wildman–Crippen MR) is 116 cm³/mol. The Bertz CT molecular complexity index is 848. The van der Waals surface area contributed by atoms with Crippen LogP contribution in [-0.4, -0.2) is 68.2 Å². The molecule has 2 atom stereocenters. The molecule has 1 aromatic carbocycles. The number of allylic oxidation sites excluding steroid dienone is 1. The summed E-state index contributed by atoms with van der Waals surface area (Å²) < 4.78 is 49.8. The van der Waals surface area contributed by atoms with Crippen molar-refractivity contribution >= 4 is 11.9 Å². The Morgan fingerprint density at radius 1 is 1.12 bits per heavy atom. The Morgan fingerprint density at radius 3 is 2.28 bits per heavy atom. The number of hydrogen-bond acceptors (Lipinski definition) is 4. The van der Waals surface area contributed by atoms with E-state index in [1.807, 2.05) is 6.92 Å². The van der Waals surface area contributed by atoms with Crippen molar-refractivity contribution in [2.24, 2.45) is 10.9 Å². The summed E-state index contributed by atoms with van der Waals surface area (Å²) in [5.41, 5.74) is 0.733. The van der Waals surface area contributed by atoms with Gasteiger partial charge >= 0.3 is 12.2 Å². The van der Waals surface area contributed by atoms with E-state index in [4.69, 9.17) is 9.47 Å². The van der Waals surface area contributed by atoms with E-state index in [9.17, 15) is 18.0 Å². The van der Waals surface area contributed by atoms with E-state index in [0.717, 1.165) is 17.7 Å². The standard InChI is InChI=1S/C23H30F3N3O3/c1-5-15(2)27-21(32-4)18-10-17(16-6-8-19(9-7-16)23(24,25)26)11-28(12-18)22(30)29-13-20(14-29)31-3/h6-9,17-18,20H,2,5,10-14H2,1,3-4H3. The van der Waals surface area contributed by atoms with Gasteiger partial charge in [-0.15, -0.1) is 0 Å². The summed E-state index contributed by atoms with van der Waals surface area (Å²) in [7, 11) is 3.15. The van der Waals surface area contributed by atoms with Gasteiger partial charge in [-0.2, -0.15) is 13.2 Å². The van der Waals surface area contributed by atoms with Gasteiger partial charge in [-0.3, -0.25) is 0 Å². The number of piperidine rings is 1. The summed E-state index contributed by atoms with van der Waals surface area (Å²) in [5, 5.41) is 0. The molecule has 176 valence electrons. The number of amides is 2. The molecule has 0 spiro atoms. The number of halogens is 3. The van der Waals surface area contributed by atoms with E-state index in [2.05, 4.69) is 11.6 Å². The molecule has 0 aromatic heterocycles. The average molecular weight is 454 g/mol. The number of urea groups is 1. The lowest BCUT2D eigenvalue weighted by molar-refractivity contribution is -0.137. The zero-order valence-electron chi connectivity index (χ0n) is 18.7. The van der Waals surface area contributed by atoms with Crippen LogP contribution in [0.5, 0.6) is 0 Å². The van der Waals surface area contributed by atoms with Crippen molar-refractivity contribution in [3.63, 3.8) is 0 Å². The van der Waals surface area contributed by atoms with Gasteiger partial charge in [-0.1, -0.05) is 25.6 Å². The maximum absolute atomic E-state index is 13.1. The number of hydrogen-bond donors (Lipinski definition) is 0. The fourth-order valence-electron chi connectivity index (χ4n) is 4.10. The van der Waals surface area contributed by atoms with Crippen LogP contribution in [0.15, 0.2) is 41.5 Å². The number of carbonyl (C=O) groups excluding carboxylic acids is 1. The van der Waals surface area contributed by atoms with Crippen molar-refractivity contribution in [3.05, 3.63) is 47.7 Å². The normalized spacial score (nSPS) is 22.5. The molecule has 2 aliphatic heterocycles. The van der Waals surface area contributed by atoms with Gasteiger partial charge < -0.3 is 19.3 Å². The highest BCUT2D eigenvalue weighted by Crippen LogP contribution is 2.35. The SMILES string of the molecule is C=C(CC)N=C(OC)C1CC(c2ccc(C(F)(F)F)cc2)CN(C(=O)N2CC(OC)C2)C1. The highest BCUT2D eigenvalue weighted by Gasteiger charge is 2.39. The lowest BCUT2D eigenvalue weighted by Crippen LogP contribution is -2.60. The van der Waals surface area contributed by atoms with Crippen molar-refractivity contribution in [3.8, 4) is 0 Å². The van der Waals surface area contributed by atoms with Crippen molar-refractivity contribution in [2.75, 3.05) is 40.4 Å². The highest BCUT2D eigenvalue weighted by atomic mass is 19.4. The lowest BCUT2D eigenvalue weighted by Gasteiger charge is -2.44. The van der Waals surface area contributed by atoms with E-state index in [0.29, 0.717) is 50.6 Å². The van der Waals surface area contributed by atoms with Crippen molar-refractivity contribution in [2.45, 2.75) is 38.0 Å². The molecule has 0 N–H and O–H groups in total. The number of carbonyl (C=O) groups is 1. The van der Waals surface area contributed by atoms with Crippen LogP contribution in [0, 0.1) is 5.92 Å². The van der Waals surface area contributed by atoms with E-state index in [1.165, 1.54) is 19.2 Å². The minimum atomic E-state index is -4.39. The third-order valence-corrected chi connectivity index (χ3v) is 6.12. The molecular formula is C23H30F3N3O3. The largest absolute Gasteiger partial charge is 0.484 e. The van der Waals surface area contributed by atoms with Gasteiger partial charge in [0.25, 0.3) is 0 Å². The molecule has 2 amide bonds. The number of nitrogens with zero attached hydrogens (tertiary/aromatic N) is 3. The Morgan fingerprint density at radius 2 is 1.75 bits per heavy atom. The molecule has 0 bridgehead atoms. The summed E-state index contributed by atoms with van der Waals surface area (Å²) >= 11 is 0. The monoisotopic (exact) mass is 453 g/mol. The maximum atomic E-state index is 13.1. The van der Waals surface area contributed by atoms with E-state index >= 15 is 0 Å². The summed E-state index contributed by atoms with van der Waals surface area (Å²) in [4.78, 5) is 21.0. The molecule has 0 aliphatic carbocycles. The molecule has 2 heterocycles. The summed E-state index contributed by atoms with van der Waals surface area (Å²) in [6, 6.07) is 5.07. The maximum Gasteiger partial charge on any atom is 0.416 e. The second-order valence-electron chi connectivity index (χ2n) is 8.27. The predicted octanol–water partition coefficient (Wildman–Crippen LogP) is 4.53. The average Bonchev–Trinajstić information content (AvgIpc) is 2.75. The van der Waals surface area contributed by atoms with E-state index in [1.54, 1.807) is 16.9 Å². The number of ether oxygens (including phenoxy) is 2. The first-order chi connectivity index (χ1) is 15.2. The fraction of sp³-hybridized carbons (Fsp3) is 0.565. The number of aliphatic imine (C=N–C) groups is 1. The zero-order valence-corrected chi connectivity index (χ0v) is 18.7. The Labute approximate surface area is 186 Å². The summed E-state index contributed by atoms with van der Waals surface area (Å²) in [6.45, 7) is 7.75. The molecule has 2 unspecified atom stereocenters. The quantitative estimate of drug-likeness (QED) is 0.486. The minimum Gasteiger partial charge on any atom is -0.484 e. The zero-order chi connectivity index (χ0) is 23.5. The number of benzene rings is 1. The number of alkyl halides is 3. The minimum absolute atomic E-state index is 0.0363. The first-order valence-corrected chi connectivity index (χ1v) is 10.7. The Kier molecular flexibility index (Phi) is 7.48. The van der Waals surface area contributed by atoms with Crippen LogP contribution in [0.4, 0.5) is 18.0 Å². The molecule has 6 nitrogen and oxygen atoms in total. The van der Waals surface area contributed by atoms with Crippen LogP contribution < -0.4 is 0 Å². The topological polar surface area (TPSA) is 54.4 Å². The molecule has 0 radical (unpaired) electrons. The van der Waals surface area contributed by atoms with Crippen LogP contribution in [0.25, 0.3) is 0 Å². The first kappa shape index (κ1) is 24.1. The number of likely N-dealkylation sites (tertiary alicyclic amines) is 2. The Balaban J connectivity index is 1.85. The first-order valence-electron chi connectivity index (χ1n) is 10.7. The second kappa shape index (κ2) is 9.94. The molecule has 9 heteroatoms. The Hall–Kier alpha value is -2.55. The van der Waals surface area contributed by atoms with Crippen LogP contribution in [-0.2, 0) is 15.7 Å². The molecule has 2 fully saturated rings. The molecule has 2 saturated heterocycles. The van der Waals surface area contributed by atoms with Gasteiger partial charge in [0.1, 0.15) is 0 Å². The van der Waals surface area contributed by atoms with Gasteiger partial charge in [-0.25, -0.2) is 9.79 Å². The van der Waals surface area contributed by atoms with Gasteiger partial charge in [0.15, 0.2) is 5.90 Å². The number of rotatable bonds is 5. The van der Waals surface area contributed by atoms with Crippen molar-refractivity contribution in [1.29, 1.82) is 0 Å². The summed E-state index contributed by atoms with van der Waals surface area (Å²) in [6.07, 6.45) is -3.08. The van der Waals surface area contributed by atoms with Gasteiger partial charge in [0.05, 0.1) is 37.8 Å². The lowest BCUT2D eigenvalue weighted by atomic mass is 9.84. The smallest absolute Gasteiger partial charge is 0.416 e. The van der Waals surface area contributed by atoms with Crippen LogP contribution in [0.2, 0.25) is 0 Å². The van der Waals surface area contributed by atoms with Crippen molar-refractivity contribution < 1.29 is 27.4 Å². The molecule has 2 aliphatic rings. The van der Waals surface area contributed by atoms with E-state index < -0.39 is 11.7 Å². The molecule has 32 heavy (non-hydrogen) atoms. The number of methoxy groups -OCH3 is 2. The fourth-order valence-corrected chi connectivity index (χ4v) is 4.10. The van der Waals surface area contributed by atoms with Crippen LogP contribution in [0.3, 0.4) is 0 Å². The third-order valence-electron chi connectivity index (χ3n) is 6.12. The molecule has 0 saturated carbocycles. The third kappa shape index (κ3) is 5.43. The summed E-state index contributed by atoms with van der Waals surface area (Å²) in [5.74, 6) is 0.159. The molecule has 3 rings (SSSR count). The van der Waals surface area contributed by atoms with Crippen molar-refractivity contribution in [1.82, 2.24) is 9.80 Å². The van der Waals surface area contributed by atoms with Gasteiger partial charge in [0.2, 0.25) is 0 Å². The molecular weight excluding hydrogens is 423 g/mol. The van der Waals surface area contributed by atoms with Crippen LogP contribution in [0.1, 0.15) is 36.8 Å². The van der Waals surface area contributed by atoms with Gasteiger partial charge in [0, 0.05) is 31.8 Å². The highest BCUT2D eigenvalue weighted by molar-refractivity contribution is 5.82. The molecule has 1 aromatic rings. The second-order valence-corrected chi connectivity index (χ2v) is 8.27. The van der Waals surface area contributed by atoms with Gasteiger partial charge in [-0.05, 0) is 30.5 Å². The van der Waals surface area contributed by atoms with E-state index in [-0.39, 0.29) is 24.0 Å². The van der Waals surface area contributed by atoms with Crippen LogP contribution >= 0.6 is 0 Å².